The lowest BCUT2D eigenvalue weighted by atomic mass is 9.90. The highest BCUT2D eigenvalue weighted by molar-refractivity contribution is 7.13. The molecular formula is C23H28N2O3S. The standard InChI is InChI=1S/C23H28N2O3S/c1-16-11-20(27-15-19-7-5-4-6-8-19)13-21(12-16)28-23-24-14-22(29-23)10-9-17(2)25-18(3)26/h11-14,17,19H,4-8,15H2,1-3H3,(H,25,26). The van der Waals surface area contributed by atoms with Gasteiger partial charge in [-0.1, -0.05) is 42.4 Å². The summed E-state index contributed by atoms with van der Waals surface area (Å²) in [5.74, 6) is 8.12. The molecule has 1 saturated carbocycles. The summed E-state index contributed by atoms with van der Waals surface area (Å²) in [6.07, 6.45) is 8.19. The predicted octanol–water partition coefficient (Wildman–Crippen LogP) is 5.08. The van der Waals surface area contributed by atoms with Gasteiger partial charge in [-0.25, -0.2) is 4.98 Å². The number of nitrogens with one attached hydrogen (secondary N) is 1. The van der Waals surface area contributed by atoms with Gasteiger partial charge in [0.1, 0.15) is 16.4 Å². The summed E-state index contributed by atoms with van der Waals surface area (Å²) in [7, 11) is 0. The van der Waals surface area contributed by atoms with Gasteiger partial charge in [-0.15, -0.1) is 0 Å². The van der Waals surface area contributed by atoms with Crippen molar-refractivity contribution in [3.63, 3.8) is 0 Å². The van der Waals surface area contributed by atoms with Gasteiger partial charge in [0.25, 0.3) is 5.19 Å². The number of aryl methyl sites for hydroxylation is 1. The summed E-state index contributed by atoms with van der Waals surface area (Å²) in [5, 5.41) is 3.27. The number of carbonyl (C=O) groups excluding carboxylic acids is 1. The Hall–Kier alpha value is -2.52. The van der Waals surface area contributed by atoms with Crippen LogP contribution in [0.25, 0.3) is 0 Å². The van der Waals surface area contributed by atoms with E-state index in [-0.39, 0.29) is 11.9 Å². The molecular weight excluding hydrogens is 384 g/mol. The first-order chi connectivity index (χ1) is 14.0. The molecule has 0 spiro atoms. The molecule has 6 heteroatoms. The third-order valence-corrected chi connectivity index (χ3v) is 5.55. The maximum absolute atomic E-state index is 11.0. The van der Waals surface area contributed by atoms with Crippen LogP contribution in [0.2, 0.25) is 0 Å². The Morgan fingerprint density at radius 3 is 2.79 bits per heavy atom. The van der Waals surface area contributed by atoms with Crippen molar-refractivity contribution in [3.8, 4) is 28.5 Å². The average Bonchev–Trinajstić information content (AvgIpc) is 3.12. The van der Waals surface area contributed by atoms with E-state index in [0.717, 1.165) is 22.8 Å². The van der Waals surface area contributed by atoms with Crippen LogP contribution >= 0.6 is 11.3 Å². The van der Waals surface area contributed by atoms with E-state index in [9.17, 15) is 4.79 Å². The molecule has 1 atom stereocenters. The Bertz CT molecular complexity index is 891. The number of nitrogens with zero attached hydrogens (tertiary/aromatic N) is 1. The largest absolute Gasteiger partial charge is 0.493 e. The number of benzene rings is 1. The molecule has 1 fully saturated rings. The van der Waals surface area contributed by atoms with Crippen molar-refractivity contribution in [2.45, 2.75) is 58.9 Å². The summed E-state index contributed by atoms with van der Waals surface area (Å²) in [5.41, 5.74) is 1.09. The summed E-state index contributed by atoms with van der Waals surface area (Å²) >= 11 is 1.38. The van der Waals surface area contributed by atoms with Crippen LogP contribution in [0.15, 0.2) is 24.4 Å². The van der Waals surface area contributed by atoms with Crippen molar-refractivity contribution in [2.24, 2.45) is 5.92 Å². The Balaban J connectivity index is 1.60. The van der Waals surface area contributed by atoms with E-state index >= 15 is 0 Å². The number of thiazole rings is 1. The maximum atomic E-state index is 11.0. The van der Waals surface area contributed by atoms with Crippen LogP contribution in [0.4, 0.5) is 0 Å². The summed E-state index contributed by atoms with van der Waals surface area (Å²) < 4.78 is 12.0. The number of hydrogen-bond acceptors (Lipinski definition) is 5. The van der Waals surface area contributed by atoms with Crippen molar-refractivity contribution in [3.05, 3.63) is 34.8 Å². The van der Waals surface area contributed by atoms with Gasteiger partial charge in [0.15, 0.2) is 0 Å². The van der Waals surface area contributed by atoms with Crippen molar-refractivity contribution >= 4 is 17.2 Å². The third kappa shape index (κ3) is 7.10. The second-order valence-corrected chi connectivity index (χ2v) is 8.57. The quantitative estimate of drug-likeness (QED) is 0.672. The maximum Gasteiger partial charge on any atom is 0.279 e. The van der Waals surface area contributed by atoms with E-state index in [0.29, 0.717) is 16.9 Å². The fraction of sp³-hybridized carbons (Fsp3) is 0.478. The molecule has 1 aromatic carbocycles. The zero-order chi connectivity index (χ0) is 20.6. The van der Waals surface area contributed by atoms with E-state index in [4.69, 9.17) is 9.47 Å². The number of rotatable bonds is 6. The highest BCUT2D eigenvalue weighted by Crippen LogP contribution is 2.31. The second kappa shape index (κ2) is 10.3. The molecule has 5 nitrogen and oxygen atoms in total. The number of amides is 1. The minimum absolute atomic E-state index is 0.0962. The fourth-order valence-electron chi connectivity index (χ4n) is 3.41. The molecule has 1 aromatic heterocycles. The lowest BCUT2D eigenvalue weighted by Gasteiger charge is -2.21. The van der Waals surface area contributed by atoms with Gasteiger partial charge in [0.2, 0.25) is 5.91 Å². The van der Waals surface area contributed by atoms with E-state index < -0.39 is 0 Å². The molecule has 3 rings (SSSR count). The monoisotopic (exact) mass is 412 g/mol. The summed E-state index contributed by atoms with van der Waals surface area (Å²) in [4.78, 5) is 16.1. The minimum Gasteiger partial charge on any atom is -0.493 e. The molecule has 29 heavy (non-hydrogen) atoms. The molecule has 1 N–H and O–H groups in total. The molecule has 1 unspecified atom stereocenters. The van der Waals surface area contributed by atoms with Gasteiger partial charge >= 0.3 is 0 Å². The van der Waals surface area contributed by atoms with Gasteiger partial charge in [-0.2, -0.15) is 0 Å². The van der Waals surface area contributed by atoms with Crippen LogP contribution in [0.1, 0.15) is 56.4 Å². The van der Waals surface area contributed by atoms with Crippen LogP contribution in [0, 0.1) is 24.7 Å². The van der Waals surface area contributed by atoms with Gasteiger partial charge in [0.05, 0.1) is 18.8 Å². The SMILES string of the molecule is CC(=O)NC(C)C#Cc1cnc(Oc2cc(C)cc(OCC3CCCCC3)c2)s1. The highest BCUT2D eigenvalue weighted by Gasteiger charge is 2.14. The van der Waals surface area contributed by atoms with Crippen LogP contribution in [0.5, 0.6) is 16.7 Å². The smallest absolute Gasteiger partial charge is 0.279 e. The summed E-state index contributed by atoms with van der Waals surface area (Å²) in [6, 6.07) is 5.72. The van der Waals surface area contributed by atoms with Crippen LogP contribution < -0.4 is 14.8 Å². The van der Waals surface area contributed by atoms with Crippen molar-refractivity contribution in [1.29, 1.82) is 0 Å². The van der Waals surface area contributed by atoms with E-state index in [1.807, 2.05) is 32.0 Å². The lowest BCUT2D eigenvalue weighted by Crippen LogP contribution is -2.28. The lowest BCUT2D eigenvalue weighted by molar-refractivity contribution is -0.119. The number of aromatic nitrogens is 1. The normalized spacial score (nSPS) is 15.1. The summed E-state index contributed by atoms with van der Waals surface area (Å²) in [6.45, 7) is 6.12. The van der Waals surface area contributed by atoms with E-state index in [1.165, 1.54) is 50.4 Å². The molecule has 1 heterocycles. The van der Waals surface area contributed by atoms with Gasteiger partial charge in [0, 0.05) is 13.0 Å². The first-order valence-corrected chi connectivity index (χ1v) is 11.0. The average molecular weight is 413 g/mol. The Morgan fingerprint density at radius 1 is 1.28 bits per heavy atom. The topological polar surface area (TPSA) is 60.5 Å². The van der Waals surface area contributed by atoms with Crippen LogP contribution in [0.3, 0.4) is 0 Å². The van der Waals surface area contributed by atoms with Crippen molar-refractivity contribution in [1.82, 2.24) is 10.3 Å². The zero-order valence-electron chi connectivity index (χ0n) is 17.3. The first kappa shape index (κ1) is 21.2. The van der Waals surface area contributed by atoms with E-state index in [1.54, 1.807) is 6.20 Å². The third-order valence-electron chi connectivity index (χ3n) is 4.76. The molecule has 0 radical (unpaired) electrons. The Kier molecular flexibility index (Phi) is 7.54. The minimum atomic E-state index is -0.209. The highest BCUT2D eigenvalue weighted by atomic mass is 32.1. The second-order valence-electron chi connectivity index (χ2n) is 7.58. The van der Waals surface area contributed by atoms with Crippen molar-refractivity contribution < 1.29 is 14.3 Å². The van der Waals surface area contributed by atoms with E-state index in [2.05, 4.69) is 22.1 Å². The molecule has 0 bridgehead atoms. The van der Waals surface area contributed by atoms with Crippen LogP contribution in [-0.2, 0) is 4.79 Å². The number of ether oxygens (including phenoxy) is 2. The Morgan fingerprint density at radius 2 is 2.03 bits per heavy atom. The molecule has 0 aliphatic heterocycles. The van der Waals surface area contributed by atoms with Gasteiger partial charge in [-0.3, -0.25) is 4.79 Å². The van der Waals surface area contributed by atoms with Crippen molar-refractivity contribution in [2.75, 3.05) is 6.61 Å². The van der Waals surface area contributed by atoms with Gasteiger partial charge < -0.3 is 14.8 Å². The molecule has 1 amide bonds. The fourth-order valence-corrected chi connectivity index (χ4v) is 4.06. The molecule has 1 aliphatic rings. The molecule has 2 aromatic rings. The predicted molar refractivity (Wildman–Crippen MR) is 116 cm³/mol. The number of hydrogen-bond donors (Lipinski definition) is 1. The first-order valence-electron chi connectivity index (χ1n) is 10.1. The number of carbonyl (C=O) groups is 1. The van der Waals surface area contributed by atoms with Crippen LogP contribution in [-0.4, -0.2) is 23.5 Å². The molecule has 0 saturated heterocycles. The Labute approximate surface area is 176 Å². The van der Waals surface area contributed by atoms with Gasteiger partial charge in [-0.05, 0) is 50.3 Å². The molecule has 154 valence electrons. The molecule has 1 aliphatic carbocycles. The zero-order valence-corrected chi connectivity index (χ0v) is 18.1.